The average molecular weight is 194 g/mol. The van der Waals surface area contributed by atoms with Crippen molar-refractivity contribution in [3.05, 3.63) is 18.1 Å². The highest BCUT2D eigenvalue weighted by atomic mass is 16.5. The number of hydrogen-bond acceptors (Lipinski definition) is 4. The molecular weight excluding hydrogens is 180 g/mol. The van der Waals surface area contributed by atoms with Crippen LogP contribution in [0.2, 0.25) is 0 Å². The van der Waals surface area contributed by atoms with Gasteiger partial charge in [0.1, 0.15) is 5.78 Å². The summed E-state index contributed by atoms with van der Waals surface area (Å²) < 4.78 is 4.94. The third-order valence-electron chi connectivity index (χ3n) is 2.10. The Labute approximate surface area is 83.3 Å². The van der Waals surface area contributed by atoms with E-state index in [0.717, 1.165) is 6.42 Å². The van der Waals surface area contributed by atoms with E-state index in [1.807, 2.05) is 6.92 Å². The predicted octanol–water partition coefficient (Wildman–Crippen LogP) is 1.57. The van der Waals surface area contributed by atoms with Crippen LogP contribution in [0.4, 0.5) is 0 Å². The predicted molar refractivity (Wildman–Crippen MR) is 52.3 cm³/mol. The number of aromatic nitrogens is 2. The lowest BCUT2D eigenvalue weighted by atomic mass is 9.99. The summed E-state index contributed by atoms with van der Waals surface area (Å²) in [6, 6.07) is 0. The second-order valence-corrected chi connectivity index (χ2v) is 3.06. The van der Waals surface area contributed by atoms with Gasteiger partial charge < -0.3 is 4.74 Å². The van der Waals surface area contributed by atoms with Gasteiger partial charge >= 0.3 is 0 Å². The van der Waals surface area contributed by atoms with E-state index < -0.39 is 0 Å². The molecule has 0 saturated heterocycles. The van der Waals surface area contributed by atoms with Gasteiger partial charge in [-0.3, -0.25) is 9.78 Å². The van der Waals surface area contributed by atoms with Gasteiger partial charge in [0, 0.05) is 6.20 Å². The molecule has 0 amide bonds. The normalized spacial score (nSPS) is 12.2. The zero-order chi connectivity index (χ0) is 10.6. The molecule has 0 radical (unpaired) electrons. The van der Waals surface area contributed by atoms with E-state index in [1.165, 1.54) is 13.3 Å². The number of carbonyl (C=O) groups is 1. The van der Waals surface area contributed by atoms with Gasteiger partial charge in [-0.2, -0.15) is 0 Å². The Kier molecular flexibility index (Phi) is 3.56. The number of methoxy groups -OCH3 is 1. The van der Waals surface area contributed by atoms with E-state index in [-0.39, 0.29) is 11.7 Å². The van der Waals surface area contributed by atoms with Crippen molar-refractivity contribution >= 4 is 5.78 Å². The van der Waals surface area contributed by atoms with Crippen LogP contribution in [0.3, 0.4) is 0 Å². The van der Waals surface area contributed by atoms with E-state index >= 15 is 0 Å². The number of Topliss-reactive ketones (excluding diaryl/α,β-unsaturated/α-hetero) is 1. The lowest BCUT2D eigenvalue weighted by Crippen LogP contribution is -2.10. The van der Waals surface area contributed by atoms with Gasteiger partial charge in [0.05, 0.1) is 24.9 Å². The molecule has 4 nitrogen and oxygen atoms in total. The first kappa shape index (κ1) is 10.6. The molecule has 0 N–H and O–H groups in total. The third kappa shape index (κ3) is 2.28. The largest absolute Gasteiger partial charge is 0.480 e. The van der Waals surface area contributed by atoms with Gasteiger partial charge in [0.2, 0.25) is 5.88 Å². The first-order valence-electron chi connectivity index (χ1n) is 4.55. The minimum absolute atomic E-state index is 0.107. The minimum Gasteiger partial charge on any atom is -0.480 e. The molecule has 0 aliphatic carbocycles. The molecule has 76 valence electrons. The van der Waals surface area contributed by atoms with Crippen LogP contribution in [0.5, 0.6) is 5.88 Å². The smallest absolute Gasteiger partial charge is 0.232 e. The number of hydrogen-bond donors (Lipinski definition) is 0. The van der Waals surface area contributed by atoms with Crippen LogP contribution in [0, 0.1) is 0 Å². The van der Waals surface area contributed by atoms with Gasteiger partial charge in [-0.1, -0.05) is 6.92 Å². The molecule has 0 aliphatic heterocycles. The molecule has 4 heteroatoms. The monoisotopic (exact) mass is 194 g/mol. The highest BCUT2D eigenvalue weighted by Crippen LogP contribution is 2.19. The Morgan fingerprint density at radius 1 is 1.57 bits per heavy atom. The maximum Gasteiger partial charge on any atom is 0.232 e. The summed E-state index contributed by atoms with van der Waals surface area (Å²) >= 11 is 0. The van der Waals surface area contributed by atoms with Crippen molar-refractivity contribution in [3.63, 3.8) is 0 Å². The number of ether oxygens (including phenoxy) is 1. The summed E-state index contributed by atoms with van der Waals surface area (Å²) in [7, 11) is 1.53. The minimum atomic E-state index is -0.169. The molecule has 14 heavy (non-hydrogen) atoms. The lowest BCUT2D eigenvalue weighted by molar-refractivity contribution is -0.118. The van der Waals surface area contributed by atoms with Crippen molar-refractivity contribution in [1.82, 2.24) is 9.97 Å². The van der Waals surface area contributed by atoms with Gasteiger partial charge in [0.15, 0.2) is 0 Å². The van der Waals surface area contributed by atoms with E-state index in [4.69, 9.17) is 4.74 Å². The summed E-state index contributed by atoms with van der Waals surface area (Å²) in [4.78, 5) is 19.4. The maximum atomic E-state index is 11.3. The Bertz CT molecular complexity index is 326. The molecule has 0 saturated carbocycles. The van der Waals surface area contributed by atoms with Crippen LogP contribution in [0.25, 0.3) is 0 Å². The molecular formula is C10H14N2O2. The molecule has 1 aromatic heterocycles. The van der Waals surface area contributed by atoms with Gasteiger partial charge in [-0.15, -0.1) is 0 Å². The molecule has 0 fully saturated rings. The van der Waals surface area contributed by atoms with Crippen molar-refractivity contribution in [3.8, 4) is 5.88 Å². The standard InChI is InChI=1S/C10H14N2O2/c1-4-8(7(2)13)9-5-11-6-10(12-9)14-3/h5-6,8H,4H2,1-3H3. The van der Waals surface area contributed by atoms with Crippen LogP contribution in [0.1, 0.15) is 31.9 Å². The summed E-state index contributed by atoms with van der Waals surface area (Å²) in [5.41, 5.74) is 0.680. The van der Waals surface area contributed by atoms with Gasteiger partial charge in [-0.05, 0) is 13.3 Å². The lowest BCUT2D eigenvalue weighted by Gasteiger charge is -2.10. The van der Waals surface area contributed by atoms with Crippen molar-refractivity contribution < 1.29 is 9.53 Å². The Morgan fingerprint density at radius 2 is 2.29 bits per heavy atom. The van der Waals surface area contributed by atoms with Gasteiger partial charge in [0.25, 0.3) is 0 Å². The van der Waals surface area contributed by atoms with Crippen molar-refractivity contribution in [2.75, 3.05) is 7.11 Å². The van der Waals surface area contributed by atoms with E-state index in [9.17, 15) is 4.79 Å². The first-order valence-corrected chi connectivity index (χ1v) is 4.55. The second-order valence-electron chi connectivity index (χ2n) is 3.06. The number of ketones is 1. The Morgan fingerprint density at radius 3 is 2.79 bits per heavy atom. The van der Waals surface area contributed by atoms with Crippen LogP contribution < -0.4 is 4.74 Å². The zero-order valence-corrected chi connectivity index (χ0v) is 8.65. The van der Waals surface area contributed by atoms with Crippen LogP contribution >= 0.6 is 0 Å². The van der Waals surface area contributed by atoms with Crippen molar-refractivity contribution in [2.45, 2.75) is 26.2 Å². The summed E-state index contributed by atoms with van der Waals surface area (Å²) in [5, 5.41) is 0. The quantitative estimate of drug-likeness (QED) is 0.730. The highest BCUT2D eigenvalue weighted by Gasteiger charge is 2.16. The maximum absolute atomic E-state index is 11.3. The Balaban J connectivity index is 2.98. The molecule has 1 rings (SSSR count). The van der Waals surface area contributed by atoms with Crippen molar-refractivity contribution in [2.24, 2.45) is 0 Å². The number of nitrogens with zero attached hydrogens (tertiary/aromatic N) is 2. The average Bonchev–Trinajstić information content (AvgIpc) is 2.19. The van der Waals surface area contributed by atoms with Gasteiger partial charge in [-0.25, -0.2) is 4.98 Å². The third-order valence-corrected chi connectivity index (χ3v) is 2.10. The second kappa shape index (κ2) is 4.69. The van der Waals surface area contributed by atoms with Crippen LogP contribution in [-0.4, -0.2) is 22.9 Å². The molecule has 1 aromatic rings. The van der Waals surface area contributed by atoms with Crippen molar-refractivity contribution in [1.29, 1.82) is 0 Å². The summed E-state index contributed by atoms with van der Waals surface area (Å²) in [6.07, 6.45) is 3.87. The summed E-state index contributed by atoms with van der Waals surface area (Å²) in [5.74, 6) is 0.384. The molecule has 0 aliphatic rings. The SMILES string of the molecule is CCC(C(C)=O)c1cncc(OC)n1. The van der Waals surface area contributed by atoms with E-state index in [1.54, 1.807) is 13.1 Å². The first-order chi connectivity index (χ1) is 6.69. The Hall–Kier alpha value is -1.45. The molecule has 1 atom stereocenters. The van der Waals surface area contributed by atoms with Crippen LogP contribution in [-0.2, 0) is 4.79 Å². The fourth-order valence-corrected chi connectivity index (χ4v) is 1.33. The topological polar surface area (TPSA) is 52.1 Å². The number of carbonyl (C=O) groups excluding carboxylic acids is 1. The molecule has 1 heterocycles. The van der Waals surface area contributed by atoms with E-state index in [2.05, 4.69) is 9.97 Å². The highest BCUT2D eigenvalue weighted by molar-refractivity contribution is 5.82. The number of rotatable bonds is 4. The fraction of sp³-hybridized carbons (Fsp3) is 0.500. The molecule has 0 aromatic carbocycles. The molecule has 0 spiro atoms. The van der Waals surface area contributed by atoms with Crippen LogP contribution in [0.15, 0.2) is 12.4 Å². The zero-order valence-electron chi connectivity index (χ0n) is 8.65. The van der Waals surface area contributed by atoms with E-state index in [0.29, 0.717) is 11.6 Å². The molecule has 1 unspecified atom stereocenters. The summed E-state index contributed by atoms with van der Waals surface area (Å²) in [6.45, 7) is 3.52. The molecule has 0 bridgehead atoms. The fourth-order valence-electron chi connectivity index (χ4n) is 1.33.